The van der Waals surface area contributed by atoms with E-state index in [9.17, 15) is 18.4 Å². The van der Waals surface area contributed by atoms with Crippen LogP contribution in [0.1, 0.15) is 58.4 Å². The minimum absolute atomic E-state index is 0.0224. The molecule has 2 unspecified atom stereocenters. The van der Waals surface area contributed by atoms with Crippen molar-refractivity contribution in [2.75, 3.05) is 0 Å². The SMILES string of the molecule is CC(C)(C)OC(=O)C(NC(=O)OCc1ccccc1)C1CCCCC(F)(F)C1. The van der Waals surface area contributed by atoms with Crippen molar-refractivity contribution < 1.29 is 27.8 Å². The van der Waals surface area contributed by atoms with Gasteiger partial charge in [-0.15, -0.1) is 0 Å². The molecule has 1 N–H and O–H groups in total. The average molecular weight is 397 g/mol. The van der Waals surface area contributed by atoms with Crippen LogP contribution >= 0.6 is 0 Å². The average Bonchev–Trinajstić information content (AvgIpc) is 2.77. The molecular weight excluding hydrogens is 368 g/mol. The molecule has 0 aliphatic heterocycles. The van der Waals surface area contributed by atoms with Gasteiger partial charge in [0.1, 0.15) is 18.2 Å². The Morgan fingerprint density at radius 2 is 1.89 bits per heavy atom. The highest BCUT2D eigenvalue weighted by molar-refractivity contribution is 5.82. The number of nitrogens with one attached hydrogen (secondary N) is 1. The third-order valence-corrected chi connectivity index (χ3v) is 4.55. The summed E-state index contributed by atoms with van der Waals surface area (Å²) in [5.74, 6) is -4.29. The minimum atomic E-state index is -2.86. The van der Waals surface area contributed by atoms with Gasteiger partial charge in [0.15, 0.2) is 0 Å². The lowest BCUT2D eigenvalue weighted by molar-refractivity contribution is -0.159. The number of amides is 1. The lowest BCUT2D eigenvalue weighted by Crippen LogP contribution is -2.49. The smallest absolute Gasteiger partial charge is 0.408 e. The van der Waals surface area contributed by atoms with Crippen molar-refractivity contribution >= 4 is 12.1 Å². The number of alkyl carbamates (subject to hydrolysis) is 1. The van der Waals surface area contributed by atoms with Gasteiger partial charge in [-0.05, 0) is 45.1 Å². The zero-order valence-corrected chi connectivity index (χ0v) is 16.7. The first-order chi connectivity index (χ1) is 13.1. The summed E-state index contributed by atoms with van der Waals surface area (Å²) in [7, 11) is 0. The summed E-state index contributed by atoms with van der Waals surface area (Å²) < 4.78 is 38.7. The van der Waals surface area contributed by atoms with E-state index in [1.165, 1.54) is 0 Å². The van der Waals surface area contributed by atoms with Crippen LogP contribution in [0.15, 0.2) is 30.3 Å². The molecule has 0 bridgehead atoms. The fraction of sp³-hybridized carbons (Fsp3) is 0.619. The van der Waals surface area contributed by atoms with E-state index in [1.54, 1.807) is 32.9 Å². The quantitative estimate of drug-likeness (QED) is 0.570. The van der Waals surface area contributed by atoms with Crippen LogP contribution in [0.25, 0.3) is 0 Å². The Labute approximate surface area is 164 Å². The molecule has 156 valence electrons. The highest BCUT2D eigenvalue weighted by atomic mass is 19.3. The maximum Gasteiger partial charge on any atom is 0.408 e. The molecule has 1 aromatic rings. The first-order valence-electron chi connectivity index (χ1n) is 9.64. The number of esters is 1. The van der Waals surface area contributed by atoms with Crippen LogP contribution in [0.5, 0.6) is 0 Å². The number of halogens is 2. The van der Waals surface area contributed by atoms with E-state index >= 15 is 0 Å². The maximum absolute atomic E-state index is 14.1. The van der Waals surface area contributed by atoms with Crippen molar-refractivity contribution in [2.45, 2.75) is 77.0 Å². The predicted molar refractivity (Wildman–Crippen MR) is 101 cm³/mol. The molecule has 0 saturated heterocycles. The normalized spacial score (nSPS) is 20.5. The summed E-state index contributed by atoms with van der Waals surface area (Å²) in [6.07, 6.45) is -0.118. The fourth-order valence-corrected chi connectivity index (χ4v) is 3.29. The van der Waals surface area contributed by atoms with Crippen LogP contribution in [-0.4, -0.2) is 29.6 Å². The second-order valence-electron chi connectivity index (χ2n) is 8.28. The number of carbonyl (C=O) groups is 2. The van der Waals surface area contributed by atoms with Gasteiger partial charge in [0.2, 0.25) is 5.92 Å². The van der Waals surface area contributed by atoms with Crippen LogP contribution in [-0.2, 0) is 20.9 Å². The molecule has 0 spiro atoms. The molecule has 28 heavy (non-hydrogen) atoms. The third kappa shape index (κ3) is 7.44. The number of carbonyl (C=O) groups excluding carboxylic acids is 2. The standard InChI is InChI=1S/C21H29F2NO4/c1-20(2,3)28-18(25)17(16-11-7-8-12-21(22,23)13-16)24-19(26)27-14-15-9-5-4-6-10-15/h4-6,9-10,16-17H,7-8,11-14H2,1-3H3,(H,24,26). The molecule has 1 fully saturated rings. The van der Waals surface area contributed by atoms with Crippen molar-refractivity contribution in [1.29, 1.82) is 0 Å². The molecule has 2 rings (SSSR count). The van der Waals surface area contributed by atoms with E-state index in [0.717, 1.165) is 5.56 Å². The number of alkyl halides is 2. The first kappa shape index (κ1) is 22.1. The lowest BCUT2D eigenvalue weighted by Gasteiger charge is -2.30. The lowest BCUT2D eigenvalue weighted by atomic mass is 9.90. The number of rotatable bonds is 5. The second kappa shape index (κ2) is 9.34. The van der Waals surface area contributed by atoms with Crippen molar-refractivity contribution in [3.63, 3.8) is 0 Å². The van der Waals surface area contributed by atoms with Crippen LogP contribution in [0.3, 0.4) is 0 Å². The van der Waals surface area contributed by atoms with E-state index in [4.69, 9.17) is 9.47 Å². The Morgan fingerprint density at radius 3 is 2.54 bits per heavy atom. The largest absolute Gasteiger partial charge is 0.458 e. The van der Waals surface area contributed by atoms with Crippen LogP contribution < -0.4 is 5.32 Å². The number of hydrogen-bond acceptors (Lipinski definition) is 4. The molecule has 0 heterocycles. The molecule has 5 nitrogen and oxygen atoms in total. The van der Waals surface area contributed by atoms with Gasteiger partial charge in [0, 0.05) is 12.8 Å². The molecule has 1 aliphatic carbocycles. The second-order valence-corrected chi connectivity index (χ2v) is 8.28. The third-order valence-electron chi connectivity index (χ3n) is 4.55. The molecule has 1 saturated carbocycles. The highest BCUT2D eigenvalue weighted by Gasteiger charge is 2.42. The van der Waals surface area contributed by atoms with E-state index in [2.05, 4.69) is 5.32 Å². The van der Waals surface area contributed by atoms with E-state index in [0.29, 0.717) is 19.3 Å². The van der Waals surface area contributed by atoms with Crippen LogP contribution in [0.4, 0.5) is 13.6 Å². The Hall–Kier alpha value is -2.18. The van der Waals surface area contributed by atoms with Crippen molar-refractivity contribution in [2.24, 2.45) is 5.92 Å². The Bertz CT molecular complexity index is 658. The summed E-state index contributed by atoms with van der Waals surface area (Å²) in [5, 5.41) is 2.48. The topological polar surface area (TPSA) is 64.6 Å². The summed E-state index contributed by atoms with van der Waals surface area (Å²) in [6, 6.07) is 7.89. The summed E-state index contributed by atoms with van der Waals surface area (Å²) in [6.45, 7) is 5.10. The number of benzene rings is 1. The maximum atomic E-state index is 14.1. The van der Waals surface area contributed by atoms with E-state index in [1.807, 2.05) is 18.2 Å². The van der Waals surface area contributed by atoms with Gasteiger partial charge >= 0.3 is 12.1 Å². The van der Waals surface area contributed by atoms with Gasteiger partial charge in [0.25, 0.3) is 0 Å². The van der Waals surface area contributed by atoms with E-state index < -0.39 is 42.0 Å². The Kier molecular flexibility index (Phi) is 7.38. The summed E-state index contributed by atoms with van der Waals surface area (Å²) >= 11 is 0. The van der Waals surface area contributed by atoms with Gasteiger partial charge in [-0.3, -0.25) is 0 Å². The predicted octanol–water partition coefficient (Wildman–Crippen LogP) is 4.84. The Morgan fingerprint density at radius 1 is 1.21 bits per heavy atom. The molecule has 0 aromatic heterocycles. The van der Waals surface area contributed by atoms with Gasteiger partial charge in [-0.25, -0.2) is 18.4 Å². The minimum Gasteiger partial charge on any atom is -0.458 e. The first-order valence-corrected chi connectivity index (χ1v) is 9.64. The molecule has 7 heteroatoms. The molecular formula is C21H29F2NO4. The zero-order chi connectivity index (χ0) is 20.8. The summed E-state index contributed by atoms with van der Waals surface area (Å²) in [4.78, 5) is 24.9. The molecule has 1 aliphatic rings. The highest BCUT2D eigenvalue weighted by Crippen LogP contribution is 2.37. The van der Waals surface area contributed by atoms with Crippen molar-refractivity contribution in [3.05, 3.63) is 35.9 Å². The van der Waals surface area contributed by atoms with Gasteiger partial charge in [0.05, 0.1) is 0 Å². The van der Waals surface area contributed by atoms with Crippen LogP contribution in [0.2, 0.25) is 0 Å². The van der Waals surface area contributed by atoms with Gasteiger partial charge in [-0.1, -0.05) is 36.8 Å². The monoisotopic (exact) mass is 397 g/mol. The molecule has 0 radical (unpaired) electrons. The van der Waals surface area contributed by atoms with Gasteiger partial charge < -0.3 is 14.8 Å². The van der Waals surface area contributed by atoms with E-state index in [-0.39, 0.29) is 13.0 Å². The van der Waals surface area contributed by atoms with Crippen molar-refractivity contribution in [3.8, 4) is 0 Å². The van der Waals surface area contributed by atoms with Gasteiger partial charge in [-0.2, -0.15) is 0 Å². The summed E-state index contributed by atoms with van der Waals surface area (Å²) in [5.41, 5.74) is -0.00876. The molecule has 1 aromatic carbocycles. The fourth-order valence-electron chi connectivity index (χ4n) is 3.29. The molecule has 1 amide bonds. The number of ether oxygens (including phenoxy) is 2. The number of hydrogen-bond donors (Lipinski definition) is 1. The molecule has 2 atom stereocenters. The van der Waals surface area contributed by atoms with Crippen molar-refractivity contribution in [1.82, 2.24) is 5.32 Å². The van der Waals surface area contributed by atoms with Crippen LogP contribution in [0, 0.1) is 5.92 Å². The Balaban J connectivity index is 2.08. The zero-order valence-electron chi connectivity index (χ0n) is 16.7.